The minimum absolute atomic E-state index is 0. The highest BCUT2D eigenvalue weighted by Crippen LogP contribution is 2.04. The van der Waals surface area contributed by atoms with Crippen LogP contribution in [0, 0.1) is 0 Å². The number of hydrogen-bond donors (Lipinski definition) is 2. The van der Waals surface area contributed by atoms with E-state index in [0.717, 1.165) is 6.42 Å². The van der Waals surface area contributed by atoms with Gasteiger partial charge in [0, 0.05) is 19.4 Å². The average molecular weight is 277 g/mol. The molecule has 0 saturated heterocycles. The molecule has 1 rings (SSSR count). The molecule has 1 unspecified atom stereocenters. The maximum atomic E-state index is 11.6. The Morgan fingerprint density at radius 2 is 2.39 bits per heavy atom. The van der Waals surface area contributed by atoms with Crippen molar-refractivity contribution in [2.24, 2.45) is 5.73 Å². The number of halogens is 1. The first-order valence-corrected chi connectivity index (χ1v) is 5.76. The highest BCUT2D eigenvalue weighted by molar-refractivity contribution is 5.93. The number of aromatic nitrogens is 2. The number of nitrogens with two attached hydrogens (primary N) is 1. The summed E-state index contributed by atoms with van der Waals surface area (Å²) in [6.07, 6.45) is 3.35. The van der Waals surface area contributed by atoms with Crippen molar-refractivity contribution >= 4 is 24.1 Å². The zero-order valence-corrected chi connectivity index (χ0v) is 11.6. The van der Waals surface area contributed by atoms with Crippen LogP contribution in [0.1, 0.15) is 19.8 Å². The molecule has 0 fully saturated rings. The van der Waals surface area contributed by atoms with Crippen LogP contribution in [-0.4, -0.2) is 35.4 Å². The van der Waals surface area contributed by atoms with Gasteiger partial charge in [-0.3, -0.25) is 9.48 Å². The van der Waals surface area contributed by atoms with Gasteiger partial charge in [-0.15, -0.1) is 12.4 Å². The van der Waals surface area contributed by atoms with Crippen LogP contribution in [0.2, 0.25) is 0 Å². The van der Waals surface area contributed by atoms with Gasteiger partial charge in [-0.25, -0.2) is 0 Å². The number of methoxy groups -OCH3 is 1. The molecule has 1 aromatic rings. The number of rotatable bonds is 7. The normalized spacial score (nSPS) is 11.7. The summed E-state index contributed by atoms with van der Waals surface area (Å²) in [6, 6.07) is 1.27. The lowest BCUT2D eigenvalue weighted by Crippen LogP contribution is -2.35. The zero-order valence-electron chi connectivity index (χ0n) is 10.8. The van der Waals surface area contributed by atoms with Gasteiger partial charge in [-0.2, -0.15) is 5.10 Å². The third-order valence-corrected chi connectivity index (χ3v) is 2.35. The van der Waals surface area contributed by atoms with Crippen molar-refractivity contribution in [1.82, 2.24) is 9.78 Å². The standard InChI is InChI=1S/C11H20N4O2.ClH/c1-3-4-9(12)11(16)13-10-5-6-15(14-10)7-8-17-2;/h5-6,9H,3-4,7-8,12H2,1-2H3,(H,13,14,16);1H. The van der Waals surface area contributed by atoms with E-state index < -0.39 is 6.04 Å². The molecule has 3 N–H and O–H groups in total. The summed E-state index contributed by atoms with van der Waals surface area (Å²) in [6.45, 7) is 3.24. The Balaban J connectivity index is 0.00000289. The van der Waals surface area contributed by atoms with E-state index in [-0.39, 0.29) is 18.3 Å². The van der Waals surface area contributed by atoms with Crippen molar-refractivity contribution in [3.63, 3.8) is 0 Å². The summed E-state index contributed by atoms with van der Waals surface area (Å²) in [5.41, 5.74) is 5.70. The fourth-order valence-electron chi connectivity index (χ4n) is 1.40. The number of hydrogen-bond acceptors (Lipinski definition) is 4. The molecule has 0 radical (unpaired) electrons. The number of carbonyl (C=O) groups is 1. The van der Waals surface area contributed by atoms with Crippen molar-refractivity contribution in [3.8, 4) is 0 Å². The Labute approximate surface area is 113 Å². The first kappa shape index (κ1) is 16.9. The smallest absolute Gasteiger partial charge is 0.242 e. The molecule has 0 aliphatic rings. The van der Waals surface area contributed by atoms with E-state index in [0.29, 0.717) is 25.4 Å². The second-order valence-corrected chi connectivity index (χ2v) is 3.84. The number of anilines is 1. The first-order valence-electron chi connectivity index (χ1n) is 5.76. The summed E-state index contributed by atoms with van der Waals surface area (Å²) in [5.74, 6) is 0.335. The van der Waals surface area contributed by atoms with Crippen LogP contribution in [0.3, 0.4) is 0 Å². The molecule has 18 heavy (non-hydrogen) atoms. The van der Waals surface area contributed by atoms with Gasteiger partial charge in [-0.05, 0) is 6.42 Å². The number of nitrogens with one attached hydrogen (secondary N) is 1. The van der Waals surface area contributed by atoms with Crippen molar-refractivity contribution in [2.75, 3.05) is 19.0 Å². The molecular formula is C11H21ClN4O2. The fourth-order valence-corrected chi connectivity index (χ4v) is 1.40. The van der Waals surface area contributed by atoms with Gasteiger partial charge in [0.05, 0.1) is 19.2 Å². The van der Waals surface area contributed by atoms with E-state index in [2.05, 4.69) is 10.4 Å². The van der Waals surface area contributed by atoms with Gasteiger partial charge in [0.25, 0.3) is 0 Å². The summed E-state index contributed by atoms with van der Waals surface area (Å²) in [5, 5.41) is 6.87. The van der Waals surface area contributed by atoms with E-state index in [4.69, 9.17) is 10.5 Å². The van der Waals surface area contributed by atoms with E-state index in [1.807, 2.05) is 6.92 Å². The zero-order chi connectivity index (χ0) is 12.7. The highest BCUT2D eigenvalue weighted by Gasteiger charge is 2.13. The summed E-state index contributed by atoms with van der Waals surface area (Å²) in [7, 11) is 1.63. The topological polar surface area (TPSA) is 82.2 Å². The summed E-state index contributed by atoms with van der Waals surface area (Å²) in [4.78, 5) is 11.6. The van der Waals surface area contributed by atoms with E-state index in [1.54, 1.807) is 24.1 Å². The predicted octanol–water partition coefficient (Wildman–Crippen LogP) is 1.02. The van der Waals surface area contributed by atoms with Crippen molar-refractivity contribution in [3.05, 3.63) is 12.3 Å². The number of carbonyl (C=O) groups excluding carboxylic acids is 1. The van der Waals surface area contributed by atoms with E-state index in [9.17, 15) is 4.79 Å². The molecule has 1 heterocycles. The lowest BCUT2D eigenvalue weighted by atomic mass is 10.2. The SMILES string of the molecule is CCCC(N)C(=O)Nc1ccn(CCOC)n1.Cl. The molecule has 0 aliphatic carbocycles. The van der Waals surface area contributed by atoms with Gasteiger partial charge < -0.3 is 15.8 Å². The molecule has 7 heteroatoms. The second-order valence-electron chi connectivity index (χ2n) is 3.84. The minimum Gasteiger partial charge on any atom is -0.383 e. The quantitative estimate of drug-likeness (QED) is 0.779. The largest absolute Gasteiger partial charge is 0.383 e. The molecule has 1 aromatic heterocycles. The number of nitrogens with zero attached hydrogens (tertiary/aromatic N) is 2. The van der Waals surface area contributed by atoms with Gasteiger partial charge >= 0.3 is 0 Å². The van der Waals surface area contributed by atoms with Crippen molar-refractivity contribution in [1.29, 1.82) is 0 Å². The van der Waals surface area contributed by atoms with Gasteiger partial charge in [0.15, 0.2) is 5.82 Å². The van der Waals surface area contributed by atoms with Crippen molar-refractivity contribution in [2.45, 2.75) is 32.4 Å². The second kappa shape index (κ2) is 8.91. The minimum atomic E-state index is -0.468. The van der Waals surface area contributed by atoms with Crippen LogP contribution in [0.25, 0.3) is 0 Å². The molecule has 0 aromatic carbocycles. The maximum Gasteiger partial charge on any atom is 0.242 e. The molecule has 0 aliphatic heterocycles. The van der Waals surface area contributed by atoms with Crippen LogP contribution < -0.4 is 11.1 Å². The molecule has 0 saturated carbocycles. The molecule has 6 nitrogen and oxygen atoms in total. The van der Waals surface area contributed by atoms with Crippen LogP contribution in [0.4, 0.5) is 5.82 Å². The Kier molecular flexibility index (Phi) is 8.36. The van der Waals surface area contributed by atoms with Crippen LogP contribution in [0.15, 0.2) is 12.3 Å². The molecular weight excluding hydrogens is 256 g/mol. The van der Waals surface area contributed by atoms with Crippen LogP contribution in [-0.2, 0) is 16.1 Å². The predicted molar refractivity (Wildman–Crippen MR) is 72.9 cm³/mol. The average Bonchev–Trinajstić information content (AvgIpc) is 2.74. The van der Waals surface area contributed by atoms with E-state index >= 15 is 0 Å². The van der Waals surface area contributed by atoms with Gasteiger partial charge in [-0.1, -0.05) is 13.3 Å². The third-order valence-electron chi connectivity index (χ3n) is 2.35. The Bertz CT molecular complexity index is 357. The monoisotopic (exact) mass is 276 g/mol. The molecule has 104 valence electrons. The Hall–Kier alpha value is -1.11. The molecule has 0 bridgehead atoms. The van der Waals surface area contributed by atoms with E-state index in [1.165, 1.54) is 0 Å². The summed E-state index contributed by atoms with van der Waals surface area (Å²) >= 11 is 0. The third kappa shape index (κ3) is 5.48. The Morgan fingerprint density at radius 3 is 3.00 bits per heavy atom. The maximum absolute atomic E-state index is 11.6. The van der Waals surface area contributed by atoms with Gasteiger partial charge in [0.2, 0.25) is 5.91 Å². The number of amides is 1. The molecule has 1 amide bonds. The number of ether oxygens (including phenoxy) is 1. The molecule has 0 spiro atoms. The molecule has 1 atom stereocenters. The lowest BCUT2D eigenvalue weighted by Gasteiger charge is -2.08. The summed E-state index contributed by atoms with van der Waals surface area (Å²) < 4.78 is 6.65. The highest BCUT2D eigenvalue weighted by atomic mass is 35.5. The van der Waals surface area contributed by atoms with Gasteiger partial charge in [0.1, 0.15) is 0 Å². The lowest BCUT2D eigenvalue weighted by molar-refractivity contribution is -0.117. The van der Waals surface area contributed by atoms with Crippen LogP contribution >= 0.6 is 12.4 Å². The van der Waals surface area contributed by atoms with Crippen LogP contribution in [0.5, 0.6) is 0 Å². The van der Waals surface area contributed by atoms with Crippen molar-refractivity contribution < 1.29 is 9.53 Å². The fraction of sp³-hybridized carbons (Fsp3) is 0.636. The Morgan fingerprint density at radius 1 is 1.67 bits per heavy atom. The first-order chi connectivity index (χ1) is 8.17.